The van der Waals surface area contributed by atoms with Gasteiger partial charge in [-0.3, -0.25) is 0 Å². The van der Waals surface area contributed by atoms with Crippen LogP contribution in [0.25, 0.3) is 5.57 Å². The fraction of sp³-hybridized carbons (Fsp3) is 0.467. The second-order valence-electron chi connectivity index (χ2n) is 4.76. The average Bonchev–Trinajstić information content (AvgIpc) is 2.55. The van der Waals surface area contributed by atoms with Crippen LogP contribution in [-0.4, -0.2) is 24.0 Å². The first-order chi connectivity index (χ1) is 7.77. The monoisotopic (exact) mass is 215 g/mol. The summed E-state index contributed by atoms with van der Waals surface area (Å²) in [6.45, 7) is 6.97. The van der Waals surface area contributed by atoms with E-state index in [-0.39, 0.29) is 0 Å². The second kappa shape index (κ2) is 5.31. The minimum Gasteiger partial charge on any atom is -0.300 e. The molecule has 16 heavy (non-hydrogen) atoms. The van der Waals surface area contributed by atoms with Gasteiger partial charge in [-0.1, -0.05) is 36.4 Å². The van der Waals surface area contributed by atoms with Crippen LogP contribution in [-0.2, 0) is 0 Å². The van der Waals surface area contributed by atoms with Crippen LogP contribution < -0.4 is 0 Å². The Bertz CT molecular complexity index is 351. The molecule has 1 heterocycles. The smallest absolute Gasteiger partial charge is 0.00388 e. The molecule has 1 aromatic rings. The molecule has 0 bridgehead atoms. The molecule has 0 aromatic heterocycles. The van der Waals surface area contributed by atoms with Crippen molar-refractivity contribution in [2.75, 3.05) is 13.1 Å². The zero-order chi connectivity index (χ0) is 11.4. The molecule has 2 rings (SSSR count). The van der Waals surface area contributed by atoms with Crippen molar-refractivity contribution in [3.05, 3.63) is 42.0 Å². The fourth-order valence-electron chi connectivity index (χ4n) is 2.31. The Balaban J connectivity index is 2.06. The molecule has 0 saturated heterocycles. The van der Waals surface area contributed by atoms with Crippen LogP contribution in [0.5, 0.6) is 0 Å². The first-order valence-corrected chi connectivity index (χ1v) is 6.26. The van der Waals surface area contributed by atoms with Crippen molar-refractivity contribution >= 4 is 5.57 Å². The van der Waals surface area contributed by atoms with E-state index in [0.29, 0.717) is 6.04 Å². The molecule has 0 radical (unpaired) electrons. The zero-order valence-corrected chi connectivity index (χ0v) is 10.3. The normalized spacial score (nSPS) is 18.3. The van der Waals surface area contributed by atoms with Crippen LogP contribution in [0.4, 0.5) is 0 Å². The molecule has 0 fully saturated rings. The van der Waals surface area contributed by atoms with E-state index in [1.165, 1.54) is 37.1 Å². The molecule has 0 atom stereocenters. The Morgan fingerprint density at radius 1 is 1.06 bits per heavy atom. The van der Waals surface area contributed by atoms with Gasteiger partial charge in [-0.25, -0.2) is 0 Å². The van der Waals surface area contributed by atoms with Crippen LogP contribution in [0.2, 0.25) is 0 Å². The Morgan fingerprint density at radius 2 is 1.81 bits per heavy atom. The second-order valence-corrected chi connectivity index (χ2v) is 4.76. The Hall–Kier alpha value is -1.08. The summed E-state index contributed by atoms with van der Waals surface area (Å²) in [5.74, 6) is 0. The molecule has 0 N–H and O–H groups in total. The summed E-state index contributed by atoms with van der Waals surface area (Å²) in [5, 5.41) is 0. The standard InChI is InChI=1S/C15H21N/c1-13(2)16-11-6-9-15(10-12-16)14-7-4-3-5-8-14/h3-5,7-9,13H,6,10-12H2,1-2H3. The van der Waals surface area contributed by atoms with Gasteiger partial charge in [-0.2, -0.15) is 0 Å². The largest absolute Gasteiger partial charge is 0.300 e. The fourth-order valence-corrected chi connectivity index (χ4v) is 2.31. The van der Waals surface area contributed by atoms with Crippen LogP contribution in [0.1, 0.15) is 32.3 Å². The van der Waals surface area contributed by atoms with E-state index in [1.54, 1.807) is 0 Å². The highest BCUT2D eigenvalue weighted by Gasteiger charge is 2.13. The van der Waals surface area contributed by atoms with Crippen LogP contribution in [0.3, 0.4) is 0 Å². The third-order valence-corrected chi connectivity index (χ3v) is 3.35. The van der Waals surface area contributed by atoms with E-state index in [2.05, 4.69) is 55.2 Å². The topological polar surface area (TPSA) is 3.24 Å². The van der Waals surface area contributed by atoms with Gasteiger partial charge in [0, 0.05) is 19.1 Å². The average molecular weight is 215 g/mol. The van der Waals surface area contributed by atoms with Gasteiger partial charge in [0.15, 0.2) is 0 Å². The summed E-state index contributed by atoms with van der Waals surface area (Å²) in [4.78, 5) is 2.56. The predicted molar refractivity (Wildman–Crippen MR) is 70.4 cm³/mol. The summed E-state index contributed by atoms with van der Waals surface area (Å²) >= 11 is 0. The maximum Gasteiger partial charge on any atom is 0.00388 e. The minimum absolute atomic E-state index is 0.670. The maximum atomic E-state index is 2.56. The molecule has 86 valence electrons. The van der Waals surface area contributed by atoms with Crippen molar-refractivity contribution in [3.8, 4) is 0 Å². The van der Waals surface area contributed by atoms with Gasteiger partial charge in [0.1, 0.15) is 0 Å². The van der Waals surface area contributed by atoms with Crippen LogP contribution in [0, 0.1) is 0 Å². The summed E-state index contributed by atoms with van der Waals surface area (Å²) in [6, 6.07) is 11.4. The molecule has 0 amide bonds. The van der Waals surface area contributed by atoms with E-state index in [1.807, 2.05) is 0 Å². The zero-order valence-electron chi connectivity index (χ0n) is 10.3. The molecular formula is C15H21N. The van der Waals surface area contributed by atoms with Crippen LogP contribution in [0.15, 0.2) is 36.4 Å². The van der Waals surface area contributed by atoms with Gasteiger partial charge >= 0.3 is 0 Å². The number of hydrogen-bond acceptors (Lipinski definition) is 1. The molecule has 1 aliphatic heterocycles. The van der Waals surface area contributed by atoms with E-state index < -0.39 is 0 Å². The van der Waals surface area contributed by atoms with E-state index in [4.69, 9.17) is 0 Å². The first kappa shape index (κ1) is 11.4. The van der Waals surface area contributed by atoms with E-state index in [0.717, 1.165) is 0 Å². The van der Waals surface area contributed by atoms with Crippen molar-refractivity contribution in [1.82, 2.24) is 4.90 Å². The quantitative estimate of drug-likeness (QED) is 0.729. The van der Waals surface area contributed by atoms with E-state index >= 15 is 0 Å². The summed E-state index contributed by atoms with van der Waals surface area (Å²) in [5.41, 5.74) is 2.91. The van der Waals surface area contributed by atoms with Gasteiger partial charge in [-0.05, 0) is 37.8 Å². The maximum absolute atomic E-state index is 2.56. The van der Waals surface area contributed by atoms with Gasteiger partial charge in [0.25, 0.3) is 0 Å². The van der Waals surface area contributed by atoms with Crippen molar-refractivity contribution < 1.29 is 0 Å². The predicted octanol–water partition coefficient (Wildman–Crippen LogP) is 3.57. The summed E-state index contributed by atoms with van der Waals surface area (Å²) < 4.78 is 0. The summed E-state index contributed by atoms with van der Waals surface area (Å²) in [7, 11) is 0. The molecule has 0 aliphatic carbocycles. The van der Waals surface area contributed by atoms with Crippen molar-refractivity contribution in [1.29, 1.82) is 0 Å². The lowest BCUT2D eigenvalue weighted by molar-refractivity contribution is 0.235. The Labute approximate surface area is 98.8 Å². The highest BCUT2D eigenvalue weighted by molar-refractivity contribution is 5.65. The lowest BCUT2D eigenvalue weighted by Crippen LogP contribution is -2.31. The molecular weight excluding hydrogens is 194 g/mol. The third kappa shape index (κ3) is 2.73. The van der Waals surface area contributed by atoms with Crippen molar-refractivity contribution in [3.63, 3.8) is 0 Å². The lowest BCUT2D eigenvalue weighted by atomic mass is 10.0. The SMILES string of the molecule is CC(C)N1CCC=C(c2ccccc2)CC1. The highest BCUT2D eigenvalue weighted by atomic mass is 15.1. The Kier molecular flexibility index (Phi) is 3.79. The molecule has 1 aliphatic rings. The van der Waals surface area contributed by atoms with Gasteiger partial charge in [0.05, 0.1) is 0 Å². The van der Waals surface area contributed by atoms with Gasteiger partial charge < -0.3 is 4.90 Å². The molecule has 1 nitrogen and oxygen atoms in total. The number of nitrogens with zero attached hydrogens (tertiary/aromatic N) is 1. The van der Waals surface area contributed by atoms with Crippen LogP contribution >= 0.6 is 0 Å². The molecule has 1 aromatic carbocycles. The van der Waals surface area contributed by atoms with E-state index in [9.17, 15) is 0 Å². The van der Waals surface area contributed by atoms with Crippen molar-refractivity contribution in [2.45, 2.75) is 32.7 Å². The minimum atomic E-state index is 0.670. The summed E-state index contributed by atoms with van der Waals surface area (Å²) in [6.07, 6.45) is 4.78. The Morgan fingerprint density at radius 3 is 2.50 bits per heavy atom. The van der Waals surface area contributed by atoms with Crippen molar-refractivity contribution in [2.24, 2.45) is 0 Å². The lowest BCUT2D eigenvalue weighted by Gasteiger charge is -2.24. The van der Waals surface area contributed by atoms with Gasteiger partial charge in [0.2, 0.25) is 0 Å². The third-order valence-electron chi connectivity index (χ3n) is 3.35. The number of hydrogen-bond donors (Lipinski definition) is 0. The first-order valence-electron chi connectivity index (χ1n) is 6.26. The van der Waals surface area contributed by atoms with Gasteiger partial charge in [-0.15, -0.1) is 0 Å². The molecule has 1 heteroatoms. The molecule has 0 unspecified atom stereocenters. The molecule has 0 spiro atoms. The highest BCUT2D eigenvalue weighted by Crippen LogP contribution is 2.22. The molecule has 0 saturated carbocycles. The number of benzene rings is 1. The number of rotatable bonds is 2.